The summed E-state index contributed by atoms with van der Waals surface area (Å²) >= 11 is 1.72. The van der Waals surface area contributed by atoms with Gasteiger partial charge in [0.1, 0.15) is 0 Å². The SMILES string of the molecule is CCCC(N)c1csc(C(C)C)n1. The van der Waals surface area contributed by atoms with Crippen LogP contribution < -0.4 is 5.73 Å². The van der Waals surface area contributed by atoms with Crippen molar-refractivity contribution in [3.05, 3.63) is 16.1 Å². The number of rotatable bonds is 4. The first kappa shape index (κ1) is 10.7. The van der Waals surface area contributed by atoms with Gasteiger partial charge in [0.05, 0.1) is 10.7 Å². The van der Waals surface area contributed by atoms with E-state index in [4.69, 9.17) is 5.73 Å². The summed E-state index contributed by atoms with van der Waals surface area (Å²) in [5.74, 6) is 0.521. The molecule has 0 spiro atoms. The van der Waals surface area contributed by atoms with Crippen molar-refractivity contribution in [1.82, 2.24) is 4.98 Å². The Hall–Kier alpha value is -0.410. The molecule has 1 atom stereocenters. The van der Waals surface area contributed by atoms with Crippen LogP contribution in [0.5, 0.6) is 0 Å². The van der Waals surface area contributed by atoms with Crippen molar-refractivity contribution in [3.8, 4) is 0 Å². The average Bonchev–Trinajstić information content (AvgIpc) is 2.52. The van der Waals surface area contributed by atoms with Crippen LogP contribution in [0.2, 0.25) is 0 Å². The summed E-state index contributed by atoms with van der Waals surface area (Å²) in [6, 6.07) is 0.133. The third-order valence-electron chi connectivity index (χ3n) is 2.01. The number of nitrogens with two attached hydrogens (primary N) is 1. The molecule has 0 aliphatic heterocycles. The topological polar surface area (TPSA) is 38.9 Å². The van der Waals surface area contributed by atoms with Crippen molar-refractivity contribution in [3.63, 3.8) is 0 Å². The van der Waals surface area contributed by atoms with Gasteiger partial charge in [-0.25, -0.2) is 4.98 Å². The van der Waals surface area contributed by atoms with Crippen LogP contribution in [0.1, 0.15) is 56.3 Å². The predicted octanol–water partition coefficient (Wildman–Crippen LogP) is 3.07. The quantitative estimate of drug-likeness (QED) is 0.807. The van der Waals surface area contributed by atoms with E-state index in [-0.39, 0.29) is 6.04 Å². The molecule has 0 fully saturated rings. The van der Waals surface area contributed by atoms with Gasteiger partial charge in [-0.1, -0.05) is 27.2 Å². The first-order chi connectivity index (χ1) is 6.15. The normalized spacial score (nSPS) is 13.6. The summed E-state index contributed by atoms with van der Waals surface area (Å²) in [5, 5.41) is 3.29. The van der Waals surface area contributed by atoms with Crippen LogP contribution in [-0.4, -0.2) is 4.98 Å². The standard InChI is InChI=1S/C10H18N2S/c1-4-5-8(11)9-6-13-10(12-9)7(2)3/h6-8H,4-5,11H2,1-3H3. The van der Waals surface area contributed by atoms with Gasteiger partial charge in [-0.05, 0) is 6.42 Å². The Morgan fingerprint density at radius 3 is 2.69 bits per heavy atom. The maximum Gasteiger partial charge on any atom is 0.0954 e. The van der Waals surface area contributed by atoms with Crippen LogP contribution in [-0.2, 0) is 0 Å². The molecule has 1 rings (SSSR count). The molecule has 3 heteroatoms. The lowest BCUT2D eigenvalue weighted by Crippen LogP contribution is -2.10. The van der Waals surface area contributed by atoms with E-state index in [1.54, 1.807) is 11.3 Å². The van der Waals surface area contributed by atoms with E-state index in [9.17, 15) is 0 Å². The van der Waals surface area contributed by atoms with E-state index in [1.165, 1.54) is 5.01 Å². The highest BCUT2D eigenvalue weighted by atomic mass is 32.1. The third kappa shape index (κ3) is 2.78. The van der Waals surface area contributed by atoms with Crippen molar-refractivity contribution in [2.45, 2.75) is 45.6 Å². The fourth-order valence-corrected chi connectivity index (χ4v) is 2.09. The molecule has 0 saturated carbocycles. The highest BCUT2D eigenvalue weighted by Crippen LogP contribution is 2.23. The van der Waals surface area contributed by atoms with Crippen molar-refractivity contribution >= 4 is 11.3 Å². The highest BCUT2D eigenvalue weighted by molar-refractivity contribution is 7.09. The minimum absolute atomic E-state index is 0.133. The van der Waals surface area contributed by atoms with Gasteiger partial charge < -0.3 is 5.73 Å². The van der Waals surface area contributed by atoms with Crippen LogP contribution in [0.3, 0.4) is 0 Å². The number of hydrogen-bond donors (Lipinski definition) is 1. The zero-order valence-electron chi connectivity index (χ0n) is 8.58. The number of hydrogen-bond acceptors (Lipinski definition) is 3. The van der Waals surface area contributed by atoms with E-state index in [0.717, 1.165) is 18.5 Å². The van der Waals surface area contributed by atoms with Crippen LogP contribution in [0, 0.1) is 0 Å². The van der Waals surface area contributed by atoms with Crippen molar-refractivity contribution in [2.24, 2.45) is 5.73 Å². The van der Waals surface area contributed by atoms with Crippen molar-refractivity contribution in [1.29, 1.82) is 0 Å². The zero-order valence-corrected chi connectivity index (χ0v) is 9.40. The summed E-state index contributed by atoms with van der Waals surface area (Å²) in [7, 11) is 0. The molecule has 1 unspecified atom stereocenters. The van der Waals surface area contributed by atoms with Gasteiger partial charge in [0, 0.05) is 17.3 Å². The number of nitrogens with zero attached hydrogens (tertiary/aromatic N) is 1. The Morgan fingerprint density at radius 2 is 2.23 bits per heavy atom. The Balaban J connectivity index is 2.67. The fourth-order valence-electron chi connectivity index (χ4n) is 1.20. The van der Waals surface area contributed by atoms with Gasteiger partial charge >= 0.3 is 0 Å². The van der Waals surface area contributed by atoms with Gasteiger partial charge in [-0.15, -0.1) is 11.3 Å². The smallest absolute Gasteiger partial charge is 0.0954 e. The van der Waals surface area contributed by atoms with Crippen LogP contribution in [0.25, 0.3) is 0 Å². The van der Waals surface area contributed by atoms with Crippen molar-refractivity contribution in [2.75, 3.05) is 0 Å². The largest absolute Gasteiger partial charge is 0.323 e. The van der Waals surface area contributed by atoms with E-state index in [2.05, 4.69) is 31.1 Å². The summed E-state index contributed by atoms with van der Waals surface area (Å²) < 4.78 is 0. The second-order valence-electron chi connectivity index (χ2n) is 3.66. The van der Waals surface area contributed by atoms with E-state index < -0.39 is 0 Å². The molecule has 0 bridgehead atoms. The Labute approximate surface area is 84.2 Å². The molecule has 0 saturated heterocycles. The summed E-state index contributed by atoms with van der Waals surface area (Å²) in [6.07, 6.45) is 2.15. The van der Waals surface area contributed by atoms with Gasteiger partial charge in [0.25, 0.3) is 0 Å². The van der Waals surface area contributed by atoms with E-state index in [1.807, 2.05) is 0 Å². The monoisotopic (exact) mass is 198 g/mol. The second kappa shape index (κ2) is 4.72. The maximum atomic E-state index is 5.96. The molecular weight excluding hydrogens is 180 g/mol. The maximum absolute atomic E-state index is 5.96. The Kier molecular flexibility index (Phi) is 3.88. The summed E-state index contributed by atoms with van der Waals surface area (Å²) in [5.41, 5.74) is 7.03. The van der Waals surface area contributed by atoms with Crippen LogP contribution in [0.15, 0.2) is 5.38 Å². The molecule has 1 aromatic heterocycles. The first-order valence-corrected chi connectivity index (χ1v) is 5.74. The summed E-state index contributed by atoms with van der Waals surface area (Å²) in [6.45, 7) is 6.47. The third-order valence-corrected chi connectivity index (χ3v) is 3.18. The lowest BCUT2D eigenvalue weighted by molar-refractivity contribution is 0.621. The fraction of sp³-hybridized carbons (Fsp3) is 0.700. The highest BCUT2D eigenvalue weighted by Gasteiger charge is 2.10. The average molecular weight is 198 g/mol. The molecular formula is C10H18N2S. The molecule has 0 aromatic carbocycles. The Morgan fingerprint density at radius 1 is 1.54 bits per heavy atom. The molecule has 1 aromatic rings. The molecule has 2 nitrogen and oxygen atoms in total. The molecule has 1 heterocycles. The molecule has 13 heavy (non-hydrogen) atoms. The van der Waals surface area contributed by atoms with Crippen LogP contribution >= 0.6 is 11.3 Å². The van der Waals surface area contributed by atoms with E-state index >= 15 is 0 Å². The van der Waals surface area contributed by atoms with Gasteiger partial charge in [-0.2, -0.15) is 0 Å². The second-order valence-corrected chi connectivity index (χ2v) is 4.55. The molecule has 2 N–H and O–H groups in total. The first-order valence-electron chi connectivity index (χ1n) is 4.86. The molecule has 0 amide bonds. The van der Waals surface area contributed by atoms with Gasteiger partial charge in [0.15, 0.2) is 0 Å². The lowest BCUT2D eigenvalue weighted by atomic mass is 10.1. The lowest BCUT2D eigenvalue weighted by Gasteiger charge is -2.05. The molecule has 0 aliphatic carbocycles. The molecule has 74 valence electrons. The predicted molar refractivity (Wildman–Crippen MR) is 58.0 cm³/mol. The number of thiazole rings is 1. The van der Waals surface area contributed by atoms with Gasteiger partial charge in [0.2, 0.25) is 0 Å². The molecule has 0 aliphatic rings. The number of aromatic nitrogens is 1. The van der Waals surface area contributed by atoms with E-state index in [0.29, 0.717) is 5.92 Å². The Bertz CT molecular complexity index is 255. The molecule has 0 radical (unpaired) electrons. The minimum Gasteiger partial charge on any atom is -0.323 e. The van der Waals surface area contributed by atoms with Crippen LogP contribution in [0.4, 0.5) is 0 Å². The van der Waals surface area contributed by atoms with Gasteiger partial charge in [-0.3, -0.25) is 0 Å². The minimum atomic E-state index is 0.133. The zero-order chi connectivity index (χ0) is 9.84. The van der Waals surface area contributed by atoms with Crippen molar-refractivity contribution < 1.29 is 0 Å². The summed E-state index contributed by atoms with van der Waals surface area (Å²) in [4.78, 5) is 4.52.